The SMILES string of the molecule is CC(C)C(CNS(=O)(=O)CC1CCCNC1)C(C)C. The van der Waals surface area contributed by atoms with Crippen LogP contribution < -0.4 is 10.0 Å². The van der Waals surface area contributed by atoms with Crippen molar-refractivity contribution in [1.29, 1.82) is 0 Å². The van der Waals surface area contributed by atoms with Crippen molar-refractivity contribution in [1.82, 2.24) is 10.0 Å². The molecule has 19 heavy (non-hydrogen) atoms. The number of rotatable bonds is 7. The lowest BCUT2D eigenvalue weighted by Gasteiger charge is -2.26. The van der Waals surface area contributed by atoms with Crippen molar-refractivity contribution in [3.63, 3.8) is 0 Å². The second kappa shape index (κ2) is 7.60. The smallest absolute Gasteiger partial charge is 0.211 e. The average Bonchev–Trinajstić information content (AvgIpc) is 2.28. The topological polar surface area (TPSA) is 58.2 Å². The van der Waals surface area contributed by atoms with Gasteiger partial charge in [0.1, 0.15) is 0 Å². The summed E-state index contributed by atoms with van der Waals surface area (Å²) < 4.78 is 27.0. The quantitative estimate of drug-likeness (QED) is 0.752. The Morgan fingerprint density at radius 3 is 2.32 bits per heavy atom. The van der Waals surface area contributed by atoms with E-state index >= 15 is 0 Å². The van der Waals surface area contributed by atoms with Gasteiger partial charge in [0.15, 0.2) is 0 Å². The third kappa shape index (κ3) is 6.23. The lowest BCUT2D eigenvalue weighted by atomic mass is 9.86. The Morgan fingerprint density at radius 1 is 1.21 bits per heavy atom. The van der Waals surface area contributed by atoms with E-state index < -0.39 is 10.0 Å². The van der Waals surface area contributed by atoms with Gasteiger partial charge in [0.25, 0.3) is 0 Å². The van der Waals surface area contributed by atoms with Crippen molar-refractivity contribution < 1.29 is 8.42 Å². The first-order chi connectivity index (χ1) is 8.82. The molecule has 0 aromatic rings. The Kier molecular flexibility index (Phi) is 6.77. The summed E-state index contributed by atoms with van der Waals surface area (Å²) >= 11 is 0. The van der Waals surface area contributed by atoms with Gasteiger partial charge in [-0.15, -0.1) is 0 Å². The standard InChI is InChI=1S/C14H30N2O2S/c1-11(2)14(12(3)4)9-16-19(17,18)10-13-6-5-7-15-8-13/h11-16H,5-10H2,1-4H3. The van der Waals surface area contributed by atoms with Crippen LogP contribution in [0.25, 0.3) is 0 Å². The van der Waals surface area contributed by atoms with Crippen molar-refractivity contribution >= 4 is 10.0 Å². The molecule has 0 aromatic heterocycles. The molecular weight excluding hydrogens is 260 g/mol. The average molecular weight is 290 g/mol. The molecule has 114 valence electrons. The molecule has 0 amide bonds. The van der Waals surface area contributed by atoms with Crippen molar-refractivity contribution in [3.8, 4) is 0 Å². The van der Waals surface area contributed by atoms with Crippen molar-refractivity contribution in [2.75, 3.05) is 25.4 Å². The van der Waals surface area contributed by atoms with Crippen molar-refractivity contribution in [3.05, 3.63) is 0 Å². The van der Waals surface area contributed by atoms with Crippen LogP contribution in [0.2, 0.25) is 0 Å². The highest BCUT2D eigenvalue weighted by Gasteiger charge is 2.24. The maximum absolute atomic E-state index is 12.1. The van der Waals surface area contributed by atoms with E-state index in [0.29, 0.717) is 24.3 Å². The summed E-state index contributed by atoms with van der Waals surface area (Å²) in [5, 5.41) is 3.27. The molecule has 0 spiro atoms. The van der Waals surface area contributed by atoms with E-state index in [2.05, 4.69) is 37.7 Å². The van der Waals surface area contributed by atoms with E-state index in [0.717, 1.165) is 25.9 Å². The first-order valence-corrected chi connectivity index (χ1v) is 9.15. The van der Waals surface area contributed by atoms with Crippen LogP contribution in [-0.2, 0) is 10.0 Å². The van der Waals surface area contributed by atoms with Crippen LogP contribution in [0.15, 0.2) is 0 Å². The van der Waals surface area contributed by atoms with Crippen molar-refractivity contribution in [2.45, 2.75) is 40.5 Å². The molecule has 2 N–H and O–H groups in total. The summed E-state index contributed by atoms with van der Waals surface area (Å²) in [5.74, 6) is 1.93. The Balaban J connectivity index is 2.45. The molecule has 1 fully saturated rings. The predicted octanol–water partition coefficient (Wildman–Crippen LogP) is 1.83. The van der Waals surface area contributed by atoms with E-state index in [-0.39, 0.29) is 11.7 Å². The Labute approximate surface area is 118 Å². The zero-order valence-electron chi connectivity index (χ0n) is 12.8. The molecule has 1 atom stereocenters. The normalized spacial score (nSPS) is 21.5. The highest BCUT2D eigenvalue weighted by atomic mass is 32.2. The van der Waals surface area contributed by atoms with Gasteiger partial charge < -0.3 is 5.32 Å². The van der Waals surface area contributed by atoms with Gasteiger partial charge in [0.2, 0.25) is 10.0 Å². The molecule has 1 saturated heterocycles. The molecule has 0 saturated carbocycles. The molecule has 0 aliphatic carbocycles. The second-order valence-corrected chi connectivity index (χ2v) is 8.35. The molecule has 0 aromatic carbocycles. The first-order valence-electron chi connectivity index (χ1n) is 7.50. The molecule has 1 heterocycles. The summed E-state index contributed by atoms with van der Waals surface area (Å²) in [7, 11) is -3.13. The zero-order valence-corrected chi connectivity index (χ0v) is 13.6. The molecular formula is C14H30N2O2S. The van der Waals surface area contributed by atoms with Crippen molar-refractivity contribution in [2.24, 2.45) is 23.7 Å². The van der Waals surface area contributed by atoms with Crippen LogP contribution in [0.4, 0.5) is 0 Å². The Morgan fingerprint density at radius 2 is 1.84 bits per heavy atom. The number of nitrogens with one attached hydrogen (secondary N) is 2. The van der Waals surface area contributed by atoms with Gasteiger partial charge >= 0.3 is 0 Å². The van der Waals surface area contributed by atoms with Crippen LogP contribution in [0, 0.1) is 23.7 Å². The fourth-order valence-electron chi connectivity index (χ4n) is 2.90. The number of piperidine rings is 1. The number of hydrogen-bond acceptors (Lipinski definition) is 3. The molecule has 4 nitrogen and oxygen atoms in total. The molecule has 1 aliphatic heterocycles. The van der Waals surface area contributed by atoms with Crippen LogP contribution in [0.1, 0.15) is 40.5 Å². The second-order valence-electron chi connectivity index (χ2n) is 6.49. The largest absolute Gasteiger partial charge is 0.316 e. The Bertz CT molecular complexity index is 338. The van der Waals surface area contributed by atoms with E-state index in [1.54, 1.807) is 0 Å². The molecule has 0 bridgehead atoms. The third-order valence-electron chi connectivity index (χ3n) is 4.11. The minimum Gasteiger partial charge on any atom is -0.316 e. The minimum absolute atomic E-state index is 0.266. The lowest BCUT2D eigenvalue weighted by Crippen LogP contribution is -2.40. The lowest BCUT2D eigenvalue weighted by molar-refractivity contribution is 0.288. The molecule has 1 unspecified atom stereocenters. The predicted molar refractivity (Wildman–Crippen MR) is 80.5 cm³/mol. The summed E-state index contributed by atoms with van der Waals surface area (Å²) in [6.45, 7) is 11.0. The van der Waals surface area contributed by atoms with E-state index in [9.17, 15) is 8.42 Å². The first kappa shape index (κ1) is 16.9. The monoisotopic (exact) mass is 290 g/mol. The van der Waals surface area contributed by atoms with Gasteiger partial charge in [-0.05, 0) is 49.6 Å². The fourth-order valence-corrected chi connectivity index (χ4v) is 4.37. The molecule has 1 aliphatic rings. The van der Waals surface area contributed by atoms with Gasteiger partial charge in [0, 0.05) is 6.54 Å². The fraction of sp³-hybridized carbons (Fsp3) is 1.00. The maximum atomic E-state index is 12.1. The third-order valence-corrected chi connectivity index (χ3v) is 5.62. The Hall–Kier alpha value is -0.130. The van der Waals surface area contributed by atoms with E-state index in [1.807, 2.05) is 0 Å². The maximum Gasteiger partial charge on any atom is 0.211 e. The van der Waals surface area contributed by atoms with Crippen LogP contribution >= 0.6 is 0 Å². The van der Waals surface area contributed by atoms with Gasteiger partial charge in [-0.1, -0.05) is 27.7 Å². The molecule has 0 radical (unpaired) electrons. The van der Waals surface area contributed by atoms with Gasteiger partial charge in [0.05, 0.1) is 5.75 Å². The van der Waals surface area contributed by atoms with E-state index in [4.69, 9.17) is 0 Å². The summed E-state index contributed by atoms with van der Waals surface area (Å²) in [6.07, 6.45) is 2.10. The number of hydrogen-bond donors (Lipinski definition) is 2. The summed E-state index contributed by atoms with van der Waals surface area (Å²) in [4.78, 5) is 0. The van der Waals surface area contributed by atoms with Crippen LogP contribution in [0.5, 0.6) is 0 Å². The molecule has 5 heteroatoms. The highest BCUT2D eigenvalue weighted by molar-refractivity contribution is 7.89. The van der Waals surface area contributed by atoms with Gasteiger partial charge in [-0.3, -0.25) is 0 Å². The van der Waals surface area contributed by atoms with Crippen LogP contribution in [-0.4, -0.2) is 33.8 Å². The van der Waals surface area contributed by atoms with Gasteiger partial charge in [-0.25, -0.2) is 13.1 Å². The summed E-state index contributed by atoms with van der Waals surface area (Å²) in [6, 6.07) is 0. The van der Waals surface area contributed by atoms with E-state index in [1.165, 1.54) is 0 Å². The van der Waals surface area contributed by atoms with Crippen LogP contribution in [0.3, 0.4) is 0 Å². The molecule has 1 rings (SSSR count). The summed E-state index contributed by atoms with van der Waals surface area (Å²) in [5.41, 5.74) is 0. The van der Waals surface area contributed by atoms with Gasteiger partial charge in [-0.2, -0.15) is 0 Å². The number of sulfonamides is 1. The highest BCUT2D eigenvalue weighted by Crippen LogP contribution is 2.20. The minimum atomic E-state index is -3.13. The zero-order chi connectivity index (χ0) is 14.5.